The molecule has 2 aromatic carbocycles. The molecule has 1 saturated carbocycles. The number of halogens is 1. The van der Waals surface area contributed by atoms with Gasteiger partial charge in [0, 0.05) is 19.6 Å². The van der Waals surface area contributed by atoms with Gasteiger partial charge in [-0.2, -0.15) is 5.26 Å². The van der Waals surface area contributed by atoms with E-state index in [2.05, 4.69) is 0 Å². The van der Waals surface area contributed by atoms with E-state index in [1.165, 1.54) is 17.0 Å². The van der Waals surface area contributed by atoms with E-state index < -0.39 is 11.4 Å². The van der Waals surface area contributed by atoms with Gasteiger partial charge in [0.25, 0.3) is 5.91 Å². The zero-order valence-corrected chi connectivity index (χ0v) is 18.2. The molecule has 1 aliphatic heterocycles. The van der Waals surface area contributed by atoms with Crippen LogP contribution in [-0.2, 0) is 21.5 Å². The Kier molecular flexibility index (Phi) is 4.61. The molecule has 7 heteroatoms. The fourth-order valence-corrected chi connectivity index (χ4v) is 5.93. The number of aliphatic imine (C=N–C) groups is 1. The average molecular weight is 432 g/mol. The molecule has 3 aliphatic rings. The number of amides is 1. The maximum Gasteiger partial charge on any atom is 0.262 e. The fraction of sp³-hybridized carbons (Fsp3) is 0.400. The van der Waals surface area contributed by atoms with Crippen molar-refractivity contribution < 1.29 is 13.9 Å². The van der Waals surface area contributed by atoms with Gasteiger partial charge in [0.2, 0.25) is 0 Å². The van der Waals surface area contributed by atoms with Gasteiger partial charge in [0.05, 0.1) is 17.7 Å². The number of benzene rings is 2. The number of fused-ring (bicyclic) bond motifs is 3. The number of nitrogens with zero attached hydrogens (tertiary/aromatic N) is 3. The third-order valence-electron chi connectivity index (χ3n) is 7.62. The molecule has 1 atom stereocenters. The van der Waals surface area contributed by atoms with Gasteiger partial charge in [-0.05, 0) is 78.6 Å². The van der Waals surface area contributed by atoms with E-state index in [4.69, 9.17) is 15.5 Å². The van der Waals surface area contributed by atoms with E-state index >= 15 is 0 Å². The molecule has 0 aromatic heterocycles. The second-order valence-electron chi connectivity index (χ2n) is 9.15. The molecule has 1 fully saturated rings. The van der Waals surface area contributed by atoms with Crippen molar-refractivity contribution in [2.75, 3.05) is 14.2 Å². The van der Waals surface area contributed by atoms with E-state index in [0.717, 1.165) is 48.8 Å². The Balaban J connectivity index is 1.68. The molecule has 0 saturated heterocycles. The summed E-state index contributed by atoms with van der Waals surface area (Å²) in [6.07, 6.45) is 4.27. The van der Waals surface area contributed by atoms with E-state index in [9.17, 15) is 14.4 Å². The van der Waals surface area contributed by atoms with Crippen LogP contribution in [0.3, 0.4) is 0 Å². The highest BCUT2D eigenvalue weighted by Gasteiger charge is 2.66. The summed E-state index contributed by atoms with van der Waals surface area (Å²) in [5, 5.41) is 9.25. The highest BCUT2D eigenvalue weighted by Crippen LogP contribution is 2.62. The first-order valence-electron chi connectivity index (χ1n) is 10.8. The minimum Gasteiger partial charge on any atom is -0.381 e. The van der Waals surface area contributed by atoms with Crippen LogP contribution >= 0.6 is 0 Å². The van der Waals surface area contributed by atoms with Crippen molar-refractivity contribution in [3.05, 3.63) is 58.9 Å². The van der Waals surface area contributed by atoms with Crippen molar-refractivity contribution in [1.29, 1.82) is 5.26 Å². The van der Waals surface area contributed by atoms with Crippen LogP contribution in [-0.4, -0.2) is 37.0 Å². The topological polar surface area (TPSA) is 91.7 Å². The quantitative estimate of drug-likeness (QED) is 0.787. The van der Waals surface area contributed by atoms with Gasteiger partial charge in [-0.3, -0.25) is 9.69 Å². The average Bonchev–Trinajstić information content (AvgIpc) is 3.20. The lowest BCUT2D eigenvalue weighted by atomic mass is 9.61. The molecule has 0 radical (unpaired) electrons. The highest BCUT2D eigenvalue weighted by atomic mass is 19.1. The van der Waals surface area contributed by atoms with Crippen molar-refractivity contribution in [3.8, 4) is 17.2 Å². The molecule has 1 unspecified atom stereocenters. The standard InChI is InChI=1S/C25H25FN4O2/c1-30-22(31)25(29-23(30)28)21-12-16(18-9-15(14-27)10-19(26)11-18)3-4-17(21)13-24(25)7-5-20(32-2)6-8-24/h3-4,9-12,20H,5-8,13H2,1-2H3,(H2,28,29). The van der Waals surface area contributed by atoms with Gasteiger partial charge in [-0.1, -0.05) is 12.1 Å². The van der Waals surface area contributed by atoms with Crippen LogP contribution in [0.15, 0.2) is 41.4 Å². The minimum absolute atomic E-state index is 0.112. The van der Waals surface area contributed by atoms with Gasteiger partial charge in [0.1, 0.15) is 5.82 Å². The van der Waals surface area contributed by atoms with Crippen molar-refractivity contribution in [3.63, 3.8) is 0 Å². The summed E-state index contributed by atoms with van der Waals surface area (Å²) < 4.78 is 19.7. The van der Waals surface area contributed by atoms with Crippen molar-refractivity contribution in [2.24, 2.45) is 16.1 Å². The molecule has 5 rings (SSSR count). The number of hydrogen-bond acceptors (Lipinski definition) is 5. The lowest BCUT2D eigenvalue weighted by molar-refractivity contribution is -0.137. The first-order valence-corrected chi connectivity index (χ1v) is 10.8. The Morgan fingerprint density at radius 2 is 1.97 bits per heavy atom. The normalized spacial score (nSPS) is 28.8. The summed E-state index contributed by atoms with van der Waals surface area (Å²) >= 11 is 0. The van der Waals surface area contributed by atoms with Crippen LogP contribution in [0.4, 0.5) is 4.39 Å². The number of carbonyl (C=O) groups excluding carboxylic acids is 1. The number of methoxy groups -OCH3 is 1. The third kappa shape index (κ3) is 2.72. The number of carbonyl (C=O) groups is 1. The lowest BCUT2D eigenvalue weighted by Crippen LogP contribution is -2.51. The largest absolute Gasteiger partial charge is 0.381 e. The van der Waals surface area contributed by atoms with E-state index in [-0.39, 0.29) is 28.9 Å². The summed E-state index contributed by atoms with van der Waals surface area (Å²) in [4.78, 5) is 20.0. The summed E-state index contributed by atoms with van der Waals surface area (Å²) in [7, 11) is 3.39. The molecule has 0 bridgehead atoms. The first kappa shape index (κ1) is 20.7. The summed E-state index contributed by atoms with van der Waals surface area (Å²) in [6.45, 7) is 0. The molecule has 2 spiro atoms. The number of rotatable bonds is 2. The molecular weight excluding hydrogens is 407 g/mol. The maximum atomic E-state index is 14.1. The van der Waals surface area contributed by atoms with Crippen molar-refractivity contribution >= 4 is 11.9 Å². The predicted octanol–water partition coefficient (Wildman–Crippen LogP) is 3.48. The minimum atomic E-state index is -1.08. The van der Waals surface area contributed by atoms with Crippen LogP contribution < -0.4 is 5.73 Å². The van der Waals surface area contributed by atoms with Crippen LogP contribution in [0.1, 0.15) is 42.4 Å². The van der Waals surface area contributed by atoms with E-state index in [1.807, 2.05) is 24.3 Å². The lowest BCUT2D eigenvalue weighted by Gasteiger charge is -2.45. The summed E-state index contributed by atoms with van der Waals surface area (Å²) in [5.41, 5.74) is 8.24. The molecule has 2 aromatic rings. The number of guanidine groups is 1. The molecule has 164 valence electrons. The van der Waals surface area contributed by atoms with Crippen LogP contribution in [0.2, 0.25) is 0 Å². The van der Waals surface area contributed by atoms with Crippen LogP contribution in [0, 0.1) is 22.6 Å². The Bertz CT molecular complexity index is 1190. The molecule has 32 heavy (non-hydrogen) atoms. The van der Waals surface area contributed by atoms with Gasteiger partial charge < -0.3 is 10.5 Å². The van der Waals surface area contributed by atoms with Crippen molar-refractivity contribution in [2.45, 2.75) is 43.7 Å². The van der Waals surface area contributed by atoms with Gasteiger partial charge in [0.15, 0.2) is 11.5 Å². The van der Waals surface area contributed by atoms with Gasteiger partial charge in [-0.15, -0.1) is 0 Å². The molecule has 1 heterocycles. The zero-order chi connectivity index (χ0) is 22.7. The number of nitrogens with two attached hydrogens (primary N) is 1. The fourth-order valence-electron chi connectivity index (χ4n) is 5.93. The van der Waals surface area contributed by atoms with Crippen LogP contribution in [0.5, 0.6) is 0 Å². The Morgan fingerprint density at radius 1 is 1.22 bits per heavy atom. The second kappa shape index (κ2) is 7.14. The maximum absolute atomic E-state index is 14.1. The Hall–Kier alpha value is -3.24. The van der Waals surface area contributed by atoms with E-state index in [0.29, 0.717) is 5.56 Å². The Morgan fingerprint density at radius 3 is 2.59 bits per heavy atom. The molecule has 1 amide bonds. The van der Waals surface area contributed by atoms with Gasteiger partial charge >= 0.3 is 0 Å². The monoisotopic (exact) mass is 432 g/mol. The smallest absolute Gasteiger partial charge is 0.262 e. The number of likely N-dealkylation sites (N-methyl/N-ethyl adjacent to an activating group) is 1. The SMILES string of the molecule is COC1CCC2(CC1)Cc1ccc(-c3cc(F)cc(C#N)c3)cc1C21N=C(N)N(C)C1=O. The second-order valence-corrected chi connectivity index (χ2v) is 9.15. The highest BCUT2D eigenvalue weighted by molar-refractivity contribution is 6.08. The molecular formula is C25H25FN4O2. The first-order chi connectivity index (χ1) is 15.3. The van der Waals surface area contributed by atoms with Crippen LogP contribution in [0.25, 0.3) is 11.1 Å². The summed E-state index contributed by atoms with van der Waals surface area (Å²) in [6, 6.07) is 12.2. The molecule has 6 nitrogen and oxygen atoms in total. The molecule has 2 aliphatic carbocycles. The summed E-state index contributed by atoms with van der Waals surface area (Å²) in [5.74, 6) is -0.361. The molecule has 2 N–H and O–H groups in total. The Labute approximate surface area is 186 Å². The predicted molar refractivity (Wildman–Crippen MR) is 118 cm³/mol. The number of ether oxygens (including phenoxy) is 1. The van der Waals surface area contributed by atoms with Gasteiger partial charge in [-0.25, -0.2) is 9.38 Å². The number of hydrogen-bond donors (Lipinski definition) is 1. The number of nitriles is 1. The van der Waals surface area contributed by atoms with E-state index in [1.54, 1.807) is 20.2 Å². The van der Waals surface area contributed by atoms with Crippen molar-refractivity contribution in [1.82, 2.24) is 4.90 Å². The zero-order valence-electron chi connectivity index (χ0n) is 18.2. The third-order valence-corrected chi connectivity index (χ3v) is 7.62.